The van der Waals surface area contributed by atoms with Crippen LogP contribution in [0.3, 0.4) is 0 Å². The quantitative estimate of drug-likeness (QED) is 0.308. The van der Waals surface area contributed by atoms with Crippen molar-refractivity contribution in [2.24, 2.45) is 4.99 Å². The highest BCUT2D eigenvalue weighted by atomic mass is 127. The van der Waals surface area contributed by atoms with Crippen molar-refractivity contribution in [3.63, 3.8) is 0 Å². The van der Waals surface area contributed by atoms with Crippen LogP contribution in [0.2, 0.25) is 0 Å². The first kappa shape index (κ1) is 21.0. The molecule has 22 heavy (non-hydrogen) atoms. The zero-order valence-corrected chi connectivity index (χ0v) is 16.4. The first-order valence-corrected chi connectivity index (χ1v) is 7.22. The predicted octanol–water partition coefficient (Wildman–Crippen LogP) is 2.50. The summed E-state index contributed by atoms with van der Waals surface area (Å²) in [4.78, 5) is 4.17. The van der Waals surface area contributed by atoms with Crippen molar-refractivity contribution >= 4 is 29.9 Å². The molecular formula is C16H28IN3O2. The Hall–Kier alpha value is -1.02. The second-order valence-corrected chi connectivity index (χ2v) is 5.17. The van der Waals surface area contributed by atoms with Gasteiger partial charge in [-0.05, 0) is 44.0 Å². The van der Waals surface area contributed by atoms with Crippen LogP contribution >= 0.6 is 24.0 Å². The van der Waals surface area contributed by atoms with Crippen LogP contribution in [0.1, 0.15) is 18.1 Å². The number of guanidine groups is 1. The lowest BCUT2D eigenvalue weighted by Gasteiger charge is -2.17. The fourth-order valence-electron chi connectivity index (χ4n) is 2.07. The lowest BCUT2D eigenvalue weighted by Crippen LogP contribution is -2.45. The number of ether oxygens (including phenoxy) is 2. The molecule has 2 N–H and O–H groups in total. The molecule has 0 aromatic heterocycles. The highest BCUT2D eigenvalue weighted by Crippen LogP contribution is 2.15. The molecule has 0 saturated heterocycles. The van der Waals surface area contributed by atoms with E-state index in [1.54, 1.807) is 14.2 Å². The maximum absolute atomic E-state index is 5.75. The van der Waals surface area contributed by atoms with E-state index in [1.807, 2.05) is 19.1 Å². The van der Waals surface area contributed by atoms with Gasteiger partial charge >= 0.3 is 0 Å². The summed E-state index contributed by atoms with van der Waals surface area (Å²) in [6.45, 7) is 8.10. The lowest BCUT2D eigenvalue weighted by atomic mass is 10.1. The number of methoxy groups -OCH3 is 1. The molecule has 1 aromatic carbocycles. The van der Waals surface area contributed by atoms with Gasteiger partial charge < -0.3 is 20.1 Å². The normalized spacial score (nSPS) is 12.3. The van der Waals surface area contributed by atoms with E-state index in [4.69, 9.17) is 9.47 Å². The predicted molar refractivity (Wildman–Crippen MR) is 103 cm³/mol. The molecule has 5 nitrogen and oxygen atoms in total. The first-order valence-electron chi connectivity index (χ1n) is 7.22. The summed E-state index contributed by atoms with van der Waals surface area (Å²) in [5.74, 6) is 1.66. The van der Waals surface area contributed by atoms with E-state index in [0.717, 1.165) is 11.7 Å². The molecular weight excluding hydrogens is 393 g/mol. The van der Waals surface area contributed by atoms with Crippen LogP contribution in [-0.4, -0.2) is 45.9 Å². The minimum Gasteiger partial charge on any atom is -0.492 e. The van der Waals surface area contributed by atoms with Crippen LogP contribution in [0.5, 0.6) is 5.75 Å². The van der Waals surface area contributed by atoms with Crippen LogP contribution in [0.25, 0.3) is 0 Å². The molecule has 0 bridgehead atoms. The van der Waals surface area contributed by atoms with Gasteiger partial charge in [0, 0.05) is 20.2 Å². The van der Waals surface area contributed by atoms with Gasteiger partial charge in [-0.15, -0.1) is 24.0 Å². The number of aryl methyl sites for hydroxylation is 2. The maximum Gasteiger partial charge on any atom is 0.191 e. The number of benzene rings is 1. The number of hydrogen-bond donors (Lipinski definition) is 2. The van der Waals surface area contributed by atoms with Gasteiger partial charge in [0.1, 0.15) is 12.4 Å². The zero-order valence-electron chi connectivity index (χ0n) is 14.1. The number of rotatable bonds is 7. The van der Waals surface area contributed by atoms with Crippen molar-refractivity contribution in [1.82, 2.24) is 10.6 Å². The minimum absolute atomic E-state index is 0. The summed E-state index contributed by atoms with van der Waals surface area (Å²) in [5.41, 5.74) is 2.42. The van der Waals surface area contributed by atoms with E-state index in [0.29, 0.717) is 19.8 Å². The highest BCUT2D eigenvalue weighted by Gasteiger charge is 2.04. The molecule has 0 amide bonds. The van der Waals surface area contributed by atoms with Crippen LogP contribution in [0.4, 0.5) is 0 Å². The van der Waals surface area contributed by atoms with Crippen LogP contribution < -0.4 is 15.4 Å². The van der Waals surface area contributed by atoms with Gasteiger partial charge in [0.25, 0.3) is 0 Å². The monoisotopic (exact) mass is 421 g/mol. The zero-order chi connectivity index (χ0) is 15.7. The van der Waals surface area contributed by atoms with E-state index in [-0.39, 0.29) is 30.0 Å². The van der Waals surface area contributed by atoms with E-state index in [9.17, 15) is 0 Å². The third kappa shape index (κ3) is 8.43. The Kier molecular flexibility index (Phi) is 11.0. The molecule has 126 valence electrons. The fourth-order valence-corrected chi connectivity index (χ4v) is 2.07. The van der Waals surface area contributed by atoms with Gasteiger partial charge in [-0.1, -0.05) is 6.07 Å². The van der Waals surface area contributed by atoms with Crippen LogP contribution in [-0.2, 0) is 4.74 Å². The standard InChI is InChI=1S/C16H27N3O2.HI/c1-12-8-13(2)10-15(9-12)21-7-6-18-16(17-4)19-14(3)11-20-5;/h8-10,14H,6-7,11H2,1-5H3,(H2,17,18,19);1H. The number of aliphatic imine (C=N–C) groups is 1. The second kappa shape index (κ2) is 11.5. The van der Waals surface area contributed by atoms with Gasteiger partial charge in [-0.2, -0.15) is 0 Å². The molecule has 0 saturated carbocycles. The summed E-state index contributed by atoms with van der Waals surface area (Å²) < 4.78 is 10.8. The van der Waals surface area contributed by atoms with Gasteiger partial charge in [-0.3, -0.25) is 4.99 Å². The Balaban J connectivity index is 0.00000441. The summed E-state index contributed by atoms with van der Waals surface area (Å²) in [6, 6.07) is 6.43. The van der Waals surface area contributed by atoms with Gasteiger partial charge in [-0.25, -0.2) is 0 Å². The number of halogens is 1. The minimum atomic E-state index is 0. The van der Waals surface area contributed by atoms with Gasteiger partial charge in [0.2, 0.25) is 0 Å². The number of nitrogens with one attached hydrogen (secondary N) is 2. The molecule has 0 fully saturated rings. The summed E-state index contributed by atoms with van der Waals surface area (Å²) in [6.07, 6.45) is 0. The SMILES string of the molecule is CN=C(NCCOc1cc(C)cc(C)c1)NC(C)COC.I. The summed E-state index contributed by atoms with van der Waals surface area (Å²) >= 11 is 0. The molecule has 1 aromatic rings. The Morgan fingerprint density at radius 2 is 1.86 bits per heavy atom. The third-order valence-corrected chi connectivity index (χ3v) is 2.88. The maximum atomic E-state index is 5.75. The van der Waals surface area contributed by atoms with Crippen molar-refractivity contribution < 1.29 is 9.47 Å². The molecule has 0 aliphatic carbocycles. The van der Waals surface area contributed by atoms with Crippen LogP contribution in [0.15, 0.2) is 23.2 Å². The second-order valence-electron chi connectivity index (χ2n) is 5.17. The first-order chi connectivity index (χ1) is 10.0. The molecule has 0 spiro atoms. The van der Waals surface area contributed by atoms with Gasteiger partial charge in [0.05, 0.1) is 13.2 Å². The van der Waals surface area contributed by atoms with Crippen molar-refractivity contribution in [1.29, 1.82) is 0 Å². The Morgan fingerprint density at radius 1 is 1.23 bits per heavy atom. The Morgan fingerprint density at radius 3 is 2.41 bits per heavy atom. The smallest absolute Gasteiger partial charge is 0.191 e. The summed E-state index contributed by atoms with van der Waals surface area (Å²) in [7, 11) is 3.44. The number of hydrogen-bond acceptors (Lipinski definition) is 3. The summed E-state index contributed by atoms with van der Waals surface area (Å²) in [5, 5.41) is 6.46. The highest BCUT2D eigenvalue weighted by molar-refractivity contribution is 14.0. The van der Waals surface area contributed by atoms with E-state index in [2.05, 4.69) is 35.5 Å². The average molecular weight is 421 g/mol. The topological polar surface area (TPSA) is 54.9 Å². The van der Waals surface area contributed by atoms with Gasteiger partial charge in [0.15, 0.2) is 5.96 Å². The Labute approximate surface area is 150 Å². The van der Waals surface area contributed by atoms with Crippen molar-refractivity contribution in [3.05, 3.63) is 29.3 Å². The molecule has 1 atom stereocenters. The average Bonchev–Trinajstić information content (AvgIpc) is 2.41. The Bertz CT molecular complexity index is 446. The molecule has 0 aliphatic rings. The van der Waals surface area contributed by atoms with Crippen molar-refractivity contribution in [3.8, 4) is 5.75 Å². The molecule has 1 rings (SSSR count). The molecule has 0 heterocycles. The third-order valence-electron chi connectivity index (χ3n) is 2.88. The lowest BCUT2D eigenvalue weighted by molar-refractivity contribution is 0.179. The number of nitrogens with zero attached hydrogens (tertiary/aromatic N) is 1. The van der Waals surface area contributed by atoms with Crippen LogP contribution in [0, 0.1) is 13.8 Å². The van der Waals surface area contributed by atoms with E-state index >= 15 is 0 Å². The molecule has 0 radical (unpaired) electrons. The van der Waals surface area contributed by atoms with Crippen molar-refractivity contribution in [2.75, 3.05) is 33.9 Å². The molecule has 0 aliphatic heterocycles. The molecule has 1 unspecified atom stereocenters. The largest absolute Gasteiger partial charge is 0.492 e. The van der Waals surface area contributed by atoms with E-state index < -0.39 is 0 Å². The van der Waals surface area contributed by atoms with E-state index in [1.165, 1.54) is 11.1 Å². The fraction of sp³-hybridized carbons (Fsp3) is 0.562. The molecule has 6 heteroatoms. The van der Waals surface area contributed by atoms with Crippen molar-refractivity contribution in [2.45, 2.75) is 26.8 Å².